The molecule has 2 N–H and O–H groups in total. The Balaban J connectivity index is 2.53. The Morgan fingerprint density at radius 3 is 2.65 bits per heavy atom. The summed E-state index contributed by atoms with van der Waals surface area (Å²) in [5.74, 6) is 1.47. The molecule has 0 spiro atoms. The molecule has 0 aromatic carbocycles. The van der Waals surface area contributed by atoms with Gasteiger partial charge in [0.1, 0.15) is 17.1 Å². The Morgan fingerprint density at radius 1 is 1.53 bits per heavy atom. The van der Waals surface area contributed by atoms with E-state index in [0.29, 0.717) is 18.1 Å². The minimum atomic E-state index is -1.17. The number of hydrogen-bond donors (Lipinski definition) is 2. The first-order valence-corrected chi connectivity index (χ1v) is 5.87. The van der Waals surface area contributed by atoms with Crippen LogP contribution < -0.4 is 5.32 Å². The van der Waals surface area contributed by atoms with Crippen LogP contribution in [0.3, 0.4) is 0 Å². The lowest BCUT2D eigenvalue weighted by Crippen LogP contribution is -2.38. The molecule has 1 unspecified atom stereocenters. The molecule has 0 saturated heterocycles. The van der Waals surface area contributed by atoms with Gasteiger partial charge in [0.2, 0.25) is 5.91 Å². The maximum absolute atomic E-state index is 11.5. The molecule has 1 atom stereocenters. The summed E-state index contributed by atoms with van der Waals surface area (Å²) in [7, 11) is 0. The van der Waals surface area contributed by atoms with Crippen LogP contribution >= 0.6 is 0 Å². The van der Waals surface area contributed by atoms with E-state index >= 15 is 0 Å². The van der Waals surface area contributed by atoms with Crippen molar-refractivity contribution in [3.63, 3.8) is 0 Å². The minimum Gasteiger partial charge on any atom is -0.463 e. The van der Waals surface area contributed by atoms with Crippen molar-refractivity contribution in [1.82, 2.24) is 5.32 Å². The number of amides is 1. The van der Waals surface area contributed by atoms with E-state index in [2.05, 4.69) is 5.32 Å². The Morgan fingerprint density at radius 2 is 2.18 bits per heavy atom. The van der Waals surface area contributed by atoms with Gasteiger partial charge < -0.3 is 14.8 Å². The van der Waals surface area contributed by atoms with Crippen LogP contribution in [0.15, 0.2) is 16.5 Å². The number of carbonyl (C=O) groups is 1. The van der Waals surface area contributed by atoms with E-state index in [1.54, 1.807) is 19.1 Å². The van der Waals surface area contributed by atoms with Gasteiger partial charge in [-0.1, -0.05) is 13.8 Å². The molecule has 0 aliphatic heterocycles. The van der Waals surface area contributed by atoms with E-state index in [1.807, 2.05) is 20.8 Å². The van der Waals surface area contributed by atoms with Crippen LogP contribution in [-0.4, -0.2) is 17.6 Å². The van der Waals surface area contributed by atoms with Gasteiger partial charge in [0.15, 0.2) is 0 Å². The summed E-state index contributed by atoms with van der Waals surface area (Å²) in [5.41, 5.74) is -1.17. The van der Waals surface area contributed by atoms with E-state index in [4.69, 9.17) is 4.42 Å². The lowest BCUT2D eigenvalue weighted by molar-refractivity contribution is -0.123. The van der Waals surface area contributed by atoms with Crippen LogP contribution in [0.5, 0.6) is 0 Å². The second-order valence-electron chi connectivity index (χ2n) is 5.06. The fourth-order valence-electron chi connectivity index (χ4n) is 1.52. The first kappa shape index (κ1) is 13.8. The van der Waals surface area contributed by atoms with Gasteiger partial charge in [-0.25, -0.2) is 0 Å². The zero-order valence-corrected chi connectivity index (χ0v) is 10.9. The average Bonchev–Trinajstić information content (AvgIpc) is 2.62. The monoisotopic (exact) mass is 239 g/mol. The maximum atomic E-state index is 11.5. The molecule has 4 heteroatoms. The summed E-state index contributed by atoms with van der Waals surface area (Å²) >= 11 is 0. The Hall–Kier alpha value is -1.29. The van der Waals surface area contributed by atoms with Crippen molar-refractivity contribution < 1.29 is 14.3 Å². The average molecular weight is 239 g/mol. The summed E-state index contributed by atoms with van der Waals surface area (Å²) in [5, 5.41) is 12.9. The Labute approximate surface area is 102 Å². The van der Waals surface area contributed by atoms with Gasteiger partial charge in [-0.15, -0.1) is 0 Å². The number of aryl methyl sites for hydroxylation is 1. The summed E-state index contributed by atoms with van der Waals surface area (Å²) in [4.78, 5) is 11.5. The standard InChI is InChI=1S/C13H21NO3/c1-9(2)7-12(15)14-8-13(4,16)11-6-5-10(3)17-11/h5-6,9,16H,7-8H2,1-4H3,(H,14,15). The molecule has 0 saturated carbocycles. The Kier molecular flexibility index (Phi) is 4.34. The van der Waals surface area contributed by atoms with Crippen molar-refractivity contribution in [2.75, 3.05) is 6.54 Å². The summed E-state index contributed by atoms with van der Waals surface area (Å²) in [6.45, 7) is 7.56. The van der Waals surface area contributed by atoms with E-state index in [9.17, 15) is 9.90 Å². The third kappa shape index (κ3) is 4.23. The second-order valence-corrected chi connectivity index (χ2v) is 5.06. The largest absolute Gasteiger partial charge is 0.463 e. The minimum absolute atomic E-state index is 0.0523. The fraction of sp³-hybridized carbons (Fsp3) is 0.615. The van der Waals surface area contributed by atoms with E-state index in [-0.39, 0.29) is 12.5 Å². The van der Waals surface area contributed by atoms with E-state index in [0.717, 1.165) is 5.76 Å². The highest BCUT2D eigenvalue weighted by molar-refractivity contribution is 5.76. The lowest BCUT2D eigenvalue weighted by Gasteiger charge is -2.21. The van der Waals surface area contributed by atoms with Crippen LogP contribution in [0, 0.1) is 12.8 Å². The lowest BCUT2D eigenvalue weighted by atomic mass is 10.0. The van der Waals surface area contributed by atoms with Crippen LogP contribution in [0.25, 0.3) is 0 Å². The van der Waals surface area contributed by atoms with E-state index < -0.39 is 5.60 Å². The van der Waals surface area contributed by atoms with Crippen molar-refractivity contribution in [1.29, 1.82) is 0 Å². The second kappa shape index (κ2) is 5.36. The fourth-order valence-corrected chi connectivity index (χ4v) is 1.52. The molecule has 1 heterocycles. The van der Waals surface area contributed by atoms with Gasteiger partial charge in [-0.05, 0) is 31.9 Å². The quantitative estimate of drug-likeness (QED) is 0.825. The molecule has 1 aromatic heterocycles. The van der Waals surface area contributed by atoms with Gasteiger partial charge in [0.25, 0.3) is 0 Å². The predicted octanol–water partition coefficient (Wildman–Crippen LogP) is 1.96. The van der Waals surface area contributed by atoms with Crippen LogP contribution in [-0.2, 0) is 10.4 Å². The molecule has 0 bridgehead atoms. The number of aliphatic hydroxyl groups is 1. The van der Waals surface area contributed by atoms with E-state index in [1.165, 1.54) is 0 Å². The molecular formula is C13H21NO3. The van der Waals surface area contributed by atoms with Crippen LogP contribution in [0.2, 0.25) is 0 Å². The molecule has 17 heavy (non-hydrogen) atoms. The van der Waals surface area contributed by atoms with Crippen LogP contribution in [0.1, 0.15) is 38.7 Å². The topological polar surface area (TPSA) is 62.5 Å². The zero-order chi connectivity index (χ0) is 13.1. The van der Waals surface area contributed by atoms with Gasteiger partial charge in [-0.2, -0.15) is 0 Å². The summed E-state index contributed by atoms with van der Waals surface area (Å²) in [6.07, 6.45) is 0.466. The summed E-state index contributed by atoms with van der Waals surface area (Å²) < 4.78 is 5.36. The molecule has 96 valence electrons. The Bertz CT molecular complexity index is 380. The molecule has 0 aliphatic carbocycles. The molecule has 0 radical (unpaired) electrons. The van der Waals surface area contributed by atoms with Crippen molar-refractivity contribution >= 4 is 5.91 Å². The molecule has 0 aliphatic rings. The first-order valence-electron chi connectivity index (χ1n) is 5.87. The van der Waals surface area contributed by atoms with Gasteiger partial charge in [0.05, 0.1) is 6.54 Å². The summed E-state index contributed by atoms with van der Waals surface area (Å²) in [6, 6.07) is 3.52. The number of carbonyl (C=O) groups excluding carboxylic acids is 1. The normalized spacial score (nSPS) is 14.7. The zero-order valence-electron chi connectivity index (χ0n) is 10.9. The predicted molar refractivity (Wildman–Crippen MR) is 65.5 cm³/mol. The van der Waals surface area contributed by atoms with Crippen LogP contribution in [0.4, 0.5) is 0 Å². The molecule has 0 fully saturated rings. The number of hydrogen-bond acceptors (Lipinski definition) is 3. The smallest absolute Gasteiger partial charge is 0.220 e. The molecule has 1 amide bonds. The highest BCUT2D eigenvalue weighted by Crippen LogP contribution is 2.21. The van der Waals surface area contributed by atoms with Gasteiger partial charge in [-0.3, -0.25) is 4.79 Å². The van der Waals surface area contributed by atoms with Gasteiger partial charge in [0, 0.05) is 6.42 Å². The molecule has 1 aromatic rings. The molecule has 4 nitrogen and oxygen atoms in total. The van der Waals surface area contributed by atoms with Crippen molar-refractivity contribution in [2.24, 2.45) is 5.92 Å². The number of rotatable bonds is 5. The maximum Gasteiger partial charge on any atom is 0.220 e. The number of furan rings is 1. The van der Waals surface area contributed by atoms with Crippen molar-refractivity contribution in [3.05, 3.63) is 23.7 Å². The third-order valence-corrected chi connectivity index (χ3v) is 2.49. The number of nitrogens with one attached hydrogen (secondary N) is 1. The first-order chi connectivity index (χ1) is 7.81. The third-order valence-electron chi connectivity index (χ3n) is 2.49. The SMILES string of the molecule is Cc1ccc(C(C)(O)CNC(=O)CC(C)C)o1. The van der Waals surface area contributed by atoms with Gasteiger partial charge >= 0.3 is 0 Å². The van der Waals surface area contributed by atoms with Crippen molar-refractivity contribution in [3.8, 4) is 0 Å². The molecular weight excluding hydrogens is 218 g/mol. The van der Waals surface area contributed by atoms with Crippen molar-refractivity contribution in [2.45, 2.75) is 39.7 Å². The molecule has 1 rings (SSSR count). The highest BCUT2D eigenvalue weighted by atomic mass is 16.4. The highest BCUT2D eigenvalue weighted by Gasteiger charge is 2.27.